The minimum Gasteiger partial charge on any atom is -0.354 e. The molecule has 0 saturated heterocycles. The van der Waals surface area contributed by atoms with Crippen molar-refractivity contribution in [3.63, 3.8) is 0 Å². The van der Waals surface area contributed by atoms with Crippen molar-refractivity contribution in [2.75, 3.05) is 6.54 Å². The summed E-state index contributed by atoms with van der Waals surface area (Å²) in [4.78, 5) is 24.0. The van der Waals surface area contributed by atoms with Crippen LogP contribution < -0.4 is 10.9 Å². The number of pyridine rings is 1. The van der Waals surface area contributed by atoms with Crippen molar-refractivity contribution < 1.29 is 18.0 Å². The molecular weight excluding hydrogens is 345 g/mol. The topological polar surface area (TPSA) is 51.1 Å². The van der Waals surface area contributed by atoms with Gasteiger partial charge in [-0.05, 0) is 67.8 Å². The van der Waals surface area contributed by atoms with Crippen LogP contribution in [-0.2, 0) is 17.5 Å². The third-order valence-corrected chi connectivity index (χ3v) is 6.45. The van der Waals surface area contributed by atoms with Crippen LogP contribution in [0.25, 0.3) is 0 Å². The monoisotopic (exact) mass is 368 g/mol. The van der Waals surface area contributed by atoms with Gasteiger partial charge < -0.3 is 9.88 Å². The summed E-state index contributed by atoms with van der Waals surface area (Å²) in [6.45, 7) is 0.193. The fraction of sp³-hybridized carbons (Fsp3) is 0.684. The largest absolute Gasteiger partial charge is 0.417 e. The molecule has 4 saturated carbocycles. The van der Waals surface area contributed by atoms with Crippen molar-refractivity contribution in [2.24, 2.45) is 23.2 Å². The van der Waals surface area contributed by atoms with E-state index >= 15 is 0 Å². The molecular formula is C19H23F3N2O2. The van der Waals surface area contributed by atoms with E-state index in [2.05, 4.69) is 5.32 Å². The van der Waals surface area contributed by atoms with Crippen LogP contribution in [0.1, 0.15) is 44.1 Å². The number of aromatic nitrogens is 1. The molecule has 1 heterocycles. The Hall–Kier alpha value is -1.79. The zero-order valence-electron chi connectivity index (χ0n) is 14.5. The fourth-order valence-corrected chi connectivity index (χ4v) is 5.83. The molecule has 1 aromatic rings. The number of carbonyl (C=O) groups is 1. The van der Waals surface area contributed by atoms with Gasteiger partial charge in [0.2, 0.25) is 5.91 Å². The summed E-state index contributed by atoms with van der Waals surface area (Å²) in [6.07, 6.45) is 3.54. The van der Waals surface area contributed by atoms with Gasteiger partial charge in [-0.2, -0.15) is 13.2 Å². The second-order valence-electron chi connectivity index (χ2n) is 8.58. The van der Waals surface area contributed by atoms with Gasteiger partial charge in [-0.1, -0.05) is 0 Å². The van der Waals surface area contributed by atoms with Crippen LogP contribution in [0.15, 0.2) is 23.1 Å². The quantitative estimate of drug-likeness (QED) is 0.887. The molecule has 5 rings (SSSR count). The minimum atomic E-state index is -4.54. The molecule has 0 radical (unpaired) electrons. The first-order valence-corrected chi connectivity index (χ1v) is 9.27. The van der Waals surface area contributed by atoms with E-state index in [9.17, 15) is 22.8 Å². The summed E-state index contributed by atoms with van der Waals surface area (Å²) in [5.41, 5.74) is -1.38. The second kappa shape index (κ2) is 6.13. The fourth-order valence-electron chi connectivity index (χ4n) is 5.83. The Morgan fingerprint density at radius 1 is 1.12 bits per heavy atom. The number of hydrogen-bond acceptors (Lipinski definition) is 2. The summed E-state index contributed by atoms with van der Waals surface area (Å²) >= 11 is 0. The number of rotatable bonds is 4. The van der Waals surface area contributed by atoms with E-state index in [1.807, 2.05) is 0 Å². The molecule has 7 heteroatoms. The predicted molar refractivity (Wildman–Crippen MR) is 89.3 cm³/mol. The van der Waals surface area contributed by atoms with E-state index in [1.54, 1.807) is 0 Å². The zero-order chi connectivity index (χ0) is 18.5. The van der Waals surface area contributed by atoms with E-state index in [1.165, 1.54) is 19.3 Å². The van der Waals surface area contributed by atoms with Crippen LogP contribution >= 0.6 is 0 Å². The van der Waals surface area contributed by atoms with Crippen LogP contribution in [0.2, 0.25) is 0 Å². The normalized spacial score (nSPS) is 32.7. The highest BCUT2D eigenvalue weighted by molar-refractivity contribution is 5.75. The van der Waals surface area contributed by atoms with E-state index in [0.29, 0.717) is 12.7 Å². The highest BCUT2D eigenvalue weighted by Gasteiger charge is 2.50. The van der Waals surface area contributed by atoms with Crippen LogP contribution in [0.4, 0.5) is 13.2 Å². The molecule has 1 amide bonds. The molecule has 4 aliphatic rings. The molecule has 1 N–H and O–H groups in total. The number of nitrogens with one attached hydrogen (secondary N) is 1. The summed E-state index contributed by atoms with van der Waals surface area (Å²) < 4.78 is 39.2. The average molecular weight is 368 g/mol. The molecule has 4 fully saturated rings. The molecule has 0 spiro atoms. The Morgan fingerprint density at radius 2 is 1.69 bits per heavy atom. The van der Waals surface area contributed by atoms with E-state index in [-0.39, 0.29) is 12.0 Å². The van der Waals surface area contributed by atoms with Gasteiger partial charge in [-0.3, -0.25) is 9.59 Å². The first kappa shape index (κ1) is 17.6. The molecule has 4 nitrogen and oxygen atoms in total. The summed E-state index contributed by atoms with van der Waals surface area (Å²) in [5.74, 6) is 1.90. The van der Waals surface area contributed by atoms with Gasteiger partial charge >= 0.3 is 6.18 Å². The van der Waals surface area contributed by atoms with Gasteiger partial charge in [0.15, 0.2) is 0 Å². The Labute approximate surface area is 149 Å². The maximum Gasteiger partial charge on any atom is 0.417 e. The second-order valence-corrected chi connectivity index (χ2v) is 8.58. The smallest absolute Gasteiger partial charge is 0.354 e. The maximum absolute atomic E-state index is 12.8. The lowest BCUT2D eigenvalue weighted by Crippen LogP contribution is -2.51. The summed E-state index contributed by atoms with van der Waals surface area (Å²) in [6, 6.07) is 1.60. The molecule has 0 aliphatic heterocycles. The van der Waals surface area contributed by atoms with Gasteiger partial charge in [0, 0.05) is 18.8 Å². The molecule has 4 aliphatic carbocycles. The molecule has 4 bridgehead atoms. The van der Waals surface area contributed by atoms with E-state index in [0.717, 1.165) is 53.7 Å². The lowest BCUT2D eigenvalue weighted by atomic mass is 9.49. The first-order chi connectivity index (χ1) is 12.2. The third-order valence-electron chi connectivity index (χ3n) is 6.45. The number of nitrogens with zero attached hydrogens (tertiary/aromatic N) is 1. The number of carbonyl (C=O) groups excluding carboxylic acids is 1. The Balaban J connectivity index is 1.40. The van der Waals surface area contributed by atoms with Crippen LogP contribution in [0.3, 0.4) is 0 Å². The Morgan fingerprint density at radius 3 is 2.23 bits per heavy atom. The lowest BCUT2D eigenvalue weighted by Gasteiger charge is -2.56. The van der Waals surface area contributed by atoms with Gasteiger partial charge in [0.25, 0.3) is 5.56 Å². The van der Waals surface area contributed by atoms with Gasteiger partial charge in [-0.25, -0.2) is 0 Å². The van der Waals surface area contributed by atoms with Crippen molar-refractivity contribution in [3.05, 3.63) is 34.2 Å². The molecule has 0 unspecified atom stereocenters. The number of alkyl halides is 3. The van der Waals surface area contributed by atoms with E-state index in [4.69, 9.17) is 0 Å². The minimum absolute atomic E-state index is 0.156. The highest BCUT2D eigenvalue weighted by Crippen LogP contribution is 2.59. The molecule has 142 valence electrons. The SMILES string of the molecule is O=C(Cn1cc(C(F)(F)F)ccc1=O)NCC12CC3CC(CC(C3)C1)C2. The zero-order valence-corrected chi connectivity index (χ0v) is 14.5. The highest BCUT2D eigenvalue weighted by atomic mass is 19.4. The number of hydrogen-bond donors (Lipinski definition) is 1. The van der Waals surface area contributed by atoms with Gasteiger partial charge in [0.1, 0.15) is 6.54 Å². The average Bonchev–Trinajstić information content (AvgIpc) is 2.53. The number of amides is 1. The first-order valence-electron chi connectivity index (χ1n) is 9.27. The molecule has 0 atom stereocenters. The van der Waals surface area contributed by atoms with Gasteiger partial charge in [-0.15, -0.1) is 0 Å². The number of halogens is 3. The maximum atomic E-state index is 12.8. The Kier molecular flexibility index (Phi) is 4.15. The van der Waals surface area contributed by atoms with Crippen molar-refractivity contribution in [1.82, 2.24) is 9.88 Å². The molecule has 0 aromatic carbocycles. The summed E-state index contributed by atoms with van der Waals surface area (Å²) in [7, 11) is 0. The van der Waals surface area contributed by atoms with Crippen molar-refractivity contribution >= 4 is 5.91 Å². The van der Waals surface area contributed by atoms with Crippen molar-refractivity contribution in [2.45, 2.75) is 51.2 Å². The van der Waals surface area contributed by atoms with Crippen LogP contribution in [0.5, 0.6) is 0 Å². The third kappa shape index (κ3) is 3.40. The predicted octanol–water partition coefficient (Wildman–Crippen LogP) is 3.20. The van der Waals surface area contributed by atoms with Crippen molar-refractivity contribution in [3.8, 4) is 0 Å². The summed E-state index contributed by atoms with van der Waals surface area (Å²) in [5, 5.41) is 2.89. The van der Waals surface area contributed by atoms with Crippen LogP contribution in [0, 0.1) is 23.2 Å². The van der Waals surface area contributed by atoms with Crippen molar-refractivity contribution in [1.29, 1.82) is 0 Å². The van der Waals surface area contributed by atoms with Crippen LogP contribution in [-0.4, -0.2) is 17.0 Å². The van der Waals surface area contributed by atoms with Gasteiger partial charge in [0.05, 0.1) is 5.56 Å². The van der Waals surface area contributed by atoms with E-state index < -0.39 is 23.2 Å². The molecule has 26 heavy (non-hydrogen) atoms. The molecule has 1 aromatic heterocycles. The standard InChI is InChI=1S/C19H23F3N2O2/c20-19(21,22)15-1-2-17(26)24(9-15)10-16(25)23-11-18-6-12-3-13(7-18)5-14(4-12)8-18/h1-2,9,12-14H,3-8,10-11H2,(H,23,25). The lowest BCUT2D eigenvalue weighted by molar-refractivity contribution is -0.138. The Bertz CT molecular complexity index is 733.